The van der Waals surface area contributed by atoms with Crippen molar-refractivity contribution in [2.75, 3.05) is 0 Å². The summed E-state index contributed by atoms with van der Waals surface area (Å²) in [4.78, 5) is 1.33. The van der Waals surface area contributed by atoms with Crippen LogP contribution in [0.3, 0.4) is 0 Å². The molecule has 0 saturated carbocycles. The van der Waals surface area contributed by atoms with Gasteiger partial charge in [0.2, 0.25) is 5.28 Å². The second kappa shape index (κ2) is 5.31. The van der Waals surface area contributed by atoms with Crippen molar-refractivity contribution in [3.63, 3.8) is 0 Å². The lowest BCUT2D eigenvalue weighted by atomic mass is 9.96. The Labute approximate surface area is 124 Å². The topological polar surface area (TPSA) is 30.7 Å². The highest BCUT2D eigenvalue weighted by atomic mass is 79.9. The number of nitrogens with zero attached hydrogens (tertiary/aromatic N) is 3. The van der Waals surface area contributed by atoms with E-state index < -0.39 is 0 Å². The van der Waals surface area contributed by atoms with Crippen molar-refractivity contribution >= 4 is 38.9 Å². The molecule has 0 spiro atoms. The molecule has 0 fully saturated rings. The number of aromatic nitrogens is 3. The first-order chi connectivity index (χ1) is 8.38. The molecule has 2 aromatic rings. The van der Waals surface area contributed by atoms with Gasteiger partial charge in [0.1, 0.15) is 5.82 Å². The van der Waals surface area contributed by atoms with E-state index in [1.807, 2.05) is 4.57 Å². The highest BCUT2D eigenvalue weighted by Crippen LogP contribution is 2.25. The smallest absolute Gasteiger partial charge is 0.225 e. The van der Waals surface area contributed by atoms with E-state index in [4.69, 9.17) is 11.6 Å². The molecule has 0 aliphatic heterocycles. The zero-order chi connectivity index (χ0) is 13.3. The van der Waals surface area contributed by atoms with E-state index in [-0.39, 0.29) is 5.41 Å². The van der Waals surface area contributed by atoms with Crippen LogP contribution in [0.25, 0.3) is 0 Å². The van der Waals surface area contributed by atoms with E-state index in [1.165, 1.54) is 4.88 Å². The predicted molar refractivity (Wildman–Crippen MR) is 79.5 cm³/mol. The van der Waals surface area contributed by atoms with Crippen LogP contribution >= 0.6 is 38.9 Å². The van der Waals surface area contributed by atoms with Crippen molar-refractivity contribution in [2.45, 2.75) is 39.2 Å². The lowest BCUT2D eigenvalue weighted by Gasteiger charge is -2.18. The van der Waals surface area contributed by atoms with Gasteiger partial charge < -0.3 is 4.57 Å². The van der Waals surface area contributed by atoms with E-state index in [9.17, 15) is 0 Å². The fourth-order valence-electron chi connectivity index (χ4n) is 1.75. The number of aryl methyl sites for hydroxylation is 1. The summed E-state index contributed by atoms with van der Waals surface area (Å²) < 4.78 is 3.15. The Morgan fingerprint density at radius 3 is 2.61 bits per heavy atom. The maximum absolute atomic E-state index is 6.11. The second-order valence-electron chi connectivity index (χ2n) is 5.15. The number of thiophene rings is 1. The van der Waals surface area contributed by atoms with E-state index >= 15 is 0 Å². The Balaban J connectivity index is 2.16. The molecule has 2 heterocycles. The van der Waals surface area contributed by atoms with E-state index in [1.54, 1.807) is 11.3 Å². The van der Waals surface area contributed by atoms with Crippen LogP contribution in [-0.2, 0) is 18.4 Å². The molecular formula is C12H15BrClN3S. The lowest BCUT2D eigenvalue weighted by molar-refractivity contribution is 0.497. The third kappa shape index (κ3) is 3.13. The fraction of sp³-hybridized carbons (Fsp3) is 0.500. The van der Waals surface area contributed by atoms with Gasteiger partial charge in [-0.15, -0.1) is 21.5 Å². The monoisotopic (exact) mass is 347 g/mol. The van der Waals surface area contributed by atoms with Crippen molar-refractivity contribution in [2.24, 2.45) is 0 Å². The average Bonchev–Trinajstić information content (AvgIpc) is 2.81. The Morgan fingerprint density at radius 1 is 1.33 bits per heavy atom. The van der Waals surface area contributed by atoms with Gasteiger partial charge in [-0.2, -0.15) is 0 Å². The van der Waals surface area contributed by atoms with E-state index in [0.717, 1.165) is 22.6 Å². The Kier molecular flexibility index (Phi) is 4.14. The number of hydrogen-bond acceptors (Lipinski definition) is 3. The first kappa shape index (κ1) is 14.0. The molecule has 18 heavy (non-hydrogen) atoms. The normalized spacial score (nSPS) is 12.1. The van der Waals surface area contributed by atoms with Crippen molar-refractivity contribution < 1.29 is 0 Å². The highest BCUT2D eigenvalue weighted by Gasteiger charge is 2.23. The Bertz CT molecular complexity index is 542. The molecule has 0 radical (unpaired) electrons. The maximum atomic E-state index is 6.11. The van der Waals surface area contributed by atoms with Gasteiger partial charge in [0, 0.05) is 16.8 Å². The summed E-state index contributed by atoms with van der Waals surface area (Å²) >= 11 is 11.3. The van der Waals surface area contributed by atoms with Gasteiger partial charge in [-0.25, -0.2) is 0 Å². The summed E-state index contributed by atoms with van der Waals surface area (Å²) in [5.74, 6) is 0.933. The SMILES string of the molecule is CC(C)(C)c1nnc(Cl)n1CCc1ccc(Br)s1. The lowest BCUT2D eigenvalue weighted by Crippen LogP contribution is -2.19. The van der Waals surface area contributed by atoms with Crippen LogP contribution in [-0.4, -0.2) is 14.8 Å². The molecule has 2 rings (SSSR count). The molecule has 3 nitrogen and oxygen atoms in total. The fourth-order valence-corrected chi connectivity index (χ4v) is 3.42. The second-order valence-corrected chi connectivity index (χ2v) is 8.04. The molecule has 0 N–H and O–H groups in total. The summed E-state index contributed by atoms with van der Waals surface area (Å²) in [5, 5.41) is 8.62. The quantitative estimate of drug-likeness (QED) is 0.828. The molecule has 0 unspecified atom stereocenters. The zero-order valence-electron chi connectivity index (χ0n) is 10.6. The zero-order valence-corrected chi connectivity index (χ0v) is 13.7. The van der Waals surface area contributed by atoms with Crippen LogP contribution in [0.2, 0.25) is 5.28 Å². The molecule has 0 saturated heterocycles. The largest absolute Gasteiger partial charge is 0.301 e. The van der Waals surface area contributed by atoms with Gasteiger partial charge in [0.15, 0.2) is 0 Å². The van der Waals surface area contributed by atoms with Crippen molar-refractivity contribution in [1.29, 1.82) is 0 Å². The standard InChI is InChI=1S/C12H15BrClN3S/c1-12(2,3)10-15-16-11(14)17(10)7-6-8-4-5-9(13)18-8/h4-5H,6-7H2,1-3H3. The van der Waals surface area contributed by atoms with Gasteiger partial charge in [-0.1, -0.05) is 20.8 Å². The van der Waals surface area contributed by atoms with Crippen molar-refractivity contribution in [3.8, 4) is 0 Å². The Morgan fingerprint density at radius 2 is 2.06 bits per heavy atom. The molecule has 0 aliphatic carbocycles. The van der Waals surface area contributed by atoms with Gasteiger partial charge in [0.05, 0.1) is 3.79 Å². The van der Waals surface area contributed by atoms with Crippen LogP contribution in [0.1, 0.15) is 31.5 Å². The molecule has 0 amide bonds. The third-order valence-corrected chi connectivity index (χ3v) is 4.55. The van der Waals surface area contributed by atoms with Crippen molar-refractivity contribution in [1.82, 2.24) is 14.8 Å². The molecule has 0 bridgehead atoms. The molecule has 98 valence electrons. The first-order valence-electron chi connectivity index (χ1n) is 5.71. The summed E-state index contributed by atoms with van der Waals surface area (Å²) in [6, 6.07) is 4.20. The minimum atomic E-state index is -0.0455. The summed E-state index contributed by atoms with van der Waals surface area (Å²) in [7, 11) is 0. The molecule has 0 aliphatic rings. The average molecular weight is 349 g/mol. The number of hydrogen-bond donors (Lipinski definition) is 0. The van der Waals surface area contributed by atoms with Crippen LogP contribution in [0.5, 0.6) is 0 Å². The Hall–Kier alpha value is -0.390. The van der Waals surface area contributed by atoms with Crippen LogP contribution in [0, 0.1) is 0 Å². The van der Waals surface area contributed by atoms with Gasteiger partial charge in [-0.3, -0.25) is 0 Å². The van der Waals surface area contributed by atoms with Crippen LogP contribution < -0.4 is 0 Å². The first-order valence-corrected chi connectivity index (χ1v) is 7.70. The van der Waals surface area contributed by atoms with E-state index in [0.29, 0.717) is 5.28 Å². The molecule has 0 aromatic carbocycles. The highest BCUT2D eigenvalue weighted by molar-refractivity contribution is 9.11. The van der Waals surface area contributed by atoms with Crippen LogP contribution in [0.15, 0.2) is 15.9 Å². The van der Waals surface area contributed by atoms with Gasteiger partial charge in [-0.05, 0) is 46.1 Å². The minimum Gasteiger partial charge on any atom is -0.301 e. The summed E-state index contributed by atoms with van der Waals surface area (Å²) in [5.41, 5.74) is -0.0455. The van der Waals surface area contributed by atoms with Crippen molar-refractivity contribution in [3.05, 3.63) is 31.9 Å². The maximum Gasteiger partial charge on any atom is 0.225 e. The minimum absolute atomic E-state index is 0.0455. The van der Waals surface area contributed by atoms with Gasteiger partial charge >= 0.3 is 0 Å². The molecule has 2 aromatic heterocycles. The number of rotatable bonds is 3. The predicted octanol–water partition coefficient (Wildman–Crippen LogP) is 4.30. The molecule has 0 atom stereocenters. The summed E-state index contributed by atoms with van der Waals surface area (Å²) in [6.45, 7) is 7.16. The summed E-state index contributed by atoms with van der Waals surface area (Å²) in [6.07, 6.45) is 0.942. The van der Waals surface area contributed by atoms with Gasteiger partial charge in [0.25, 0.3) is 0 Å². The van der Waals surface area contributed by atoms with Crippen LogP contribution in [0.4, 0.5) is 0 Å². The number of halogens is 2. The molecule has 6 heteroatoms. The molecular weight excluding hydrogens is 334 g/mol. The van der Waals surface area contributed by atoms with E-state index in [2.05, 4.69) is 59.0 Å². The third-order valence-electron chi connectivity index (χ3n) is 2.59.